The lowest BCUT2D eigenvalue weighted by Gasteiger charge is -2.28. The molecule has 0 aromatic heterocycles. The van der Waals surface area contributed by atoms with Crippen LogP contribution in [0.25, 0.3) is 0 Å². The highest BCUT2D eigenvalue weighted by molar-refractivity contribution is 5.71. The first-order valence-electron chi connectivity index (χ1n) is 12.9. The summed E-state index contributed by atoms with van der Waals surface area (Å²) in [5.74, 6) is 0.816. The van der Waals surface area contributed by atoms with Crippen molar-refractivity contribution in [1.29, 1.82) is 0 Å². The molecule has 4 aromatic carbocycles. The molecule has 4 aromatic rings. The molecule has 3 atom stereocenters. The average molecular weight is 525 g/mol. The highest BCUT2D eigenvalue weighted by Gasteiger charge is 2.27. The summed E-state index contributed by atoms with van der Waals surface area (Å²) in [5, 5.41) is 17.1. The summed E-state index contributed by atoms with van der Waals surface area (Å²) in [6.45, 7) is 0. The van der Waals surface area contributed by atoms with Crippen LogP contribution < -0.4 is 20.1 Å². The van der Waals surface area contributed by atoms with Crippen LogP contribution in [0.4, 0.5) is 9.59 Å². The van der Waals surface area contributed by atoms with Gasteiger partial charge in [0.05, 0.1) is 12.1 Å². The topological polar surface area (TPSA) is 96.9 Å². The summed E-state index contributed by atoms with van der Waals surface area (Å²) in [4.78, 5) is 25.5. The Kier molecular flexibility index (Phi) is 10.1. The molecule has 0 saturated carbocycles. The molecule has 0 saturated heterocycles. The summed E-state index contributed by atoms with van der Waals surface area (Å²) in [5.41, 5.74) is 1.93. The van der Waals surface area contributed by atoms with Crippen LogP contribution in [0.5, 0.6) is 11.5 Å². The van der Waals surface area contributed by atoms with Gasteiger partial charge in [0.2, 0.25) is 0 Å². The third-order valence-electron chi connectivity index (χ3n) is 6.15. The van der Waals surface area contributed by atoms with Crippen LogP contribution in [0.15, 0.2) is 121 Å². The van der Waals surface area contributed by atoms with E-state index in [-0.39, 0.29) is 6.42 Å². The number of hydrogen-bond donors (Lipinski definition) is 3. The standard InChI is InChI=1S/C32H32N2O5/c35-30(29(22-25-15-7-2-8-16-25)34-32(37)39-28-19-11-4-12-20-28)23-26(21-24-13-5-1-6-14-24)33-31(36)38-27-17-9-3-10-18-27/h1-20,26,29-30,35H,21-23H2,(H,33,36)(H,34,37)/t26-,29-,30-/m0/s1. The fourth-order valence-electron chi connectivity index (χ4n) is 4.27. The molecule has 200 valence electrons. The number of para-hydroxylation sites is 2. The van der Waals surface area contributed by atoms with E-state index in [0.29, 0.717) is 24.3 Å². The Morgan fingerprint density at radius 2 is 1.00 bits per heavy atom. The Hall–Kier alpha value is -4.62. The highest BCUT2D eigenvalue weighted by atomic mass is 16.6. The van der Waals surface area contributed by atoms with Crippen molar-refractivity contribution in [1.82, 2.24) is 10.6 Å². The molecule has 0 aliphatic heterocycles. The van der Waals surface area contributed by atoms with Crippen molar-refractivity contribution in [2.45, 2.75) is 37.5 Å². The molecular weight excluding hydrogens is 492 g/mol. The maximum Gasteiger partial charge on any atom is 0.412 e. The first-order chi connectivity index (χ1) is 19.0. The first-order valence-corrected chi connectivity index (χ1v) is 12.9. The van der Waals surface area contributed by atoms with E-state index >= 15 is 0 Å². The maximum atomic E-state index is 12.7. The fourth-order valence-corrected chi connectivity index (χ4v) is 4.27. The summed E-state index contributed by atoms with van der Waals surface area (Å²) in [7, 11) is 0. The van der Waals surface area contributed by atoms with Crippen molar-refractivity contribution in [3.8, 4) is 11.5 Å². The molecule has 0 radical (unpaired) electrons. The molecule has 39 heavy (non-hydrogen) atoms. The normalized spacial score (nSPS) is 12.9. The van der Waals surface area contributed by atoms with Crippen molar-refractivity contribution >= 4 is 12.2 Å². The van der Waals surface area contributed by atoms with E-state index in [1.54, 1.807) is 48.5 Å². The third-order valence-corrected chi connectivity index (χ3v) is 6.15. The van der Waals surface area contributed by atoms with Gasteiger partial charge in [-0.25, -0.2) is 9.59 Å². The molecule has 0 unspecified atom stereocenters. The van der Waals surface area contributed by atoms with Crippen LogP contribution in [0.3, 0.4) is 0 Å². The highest BCUT2D eigenvalue weighted by Crippen LogP contribution is 2.16. The van der Waals surface area contributed by atoms with E-state index < -0.39 is 30.4 Å². The second-order valence-corrected chi connectivity index (χ2v) is 9.18. The van der Waals surface area contributed by atoms with Crippen LogP contribution in [-0.2, 0) is 12.8 Å². The SMILES string of the molecule is O=C(N[C@@H](Cc1ccccc1)C[C@H](O)[C@H](Cc1ccccc1)NC(=O)Oc1ccccc1)Oc1ccccc1. The van der Waals surface area contributed by atoms with Gasteiger partial charge in [-0.3, -0.25) is 0 Å². The molecular formula is C32H32N2O5. The lowest BCUT2D eigenvalue weighted by molar-refractivity contribution is 0.102. The molecule has 0 bridgehead atoms. The number of carbonyl (C=O) groups excluding carboxylic acids is 2. The van der Waals surface area contributed by atoms with E-state index in [4.69, 9.17) is 9.47 Å². The summed E-state index contributed by atoms with van der Waals surface area (Å²) in [6, 6.07) is 35.6. The van der Waals surface area contributed by atoms with Gasteiger partial charge in [-0.05, 0) is 54.7 Å². The Morgan fingerprint density at radius 1 is 0.590 bits per heavy atom. The number of rotatable bonds is 11. The Morgan fingerprint density at radius 3 is 1.49 bits per heavy atom. The van der Waals surface area contributed by atoms with Crippen molar-refractivity contribution in [3.63, 3.8) is 0 Å². The number of hydrogen-bond acceptors (Lipinski definition) is 5. The molecule has 0 fully saturated rings. The van der Waals surface area contributed by atoms with Crippen LogP contribution in [0.1, 0.15) is 17.5 Å². The smallest absolute Gasteiger partial charge is 0.410 e. The second-order valence-electron chi connectivity index (χ2n) is 9.18. The van der Waals surface area contributed by atoms with E-state index in [9.17, 15) is 14.7 Å². The number of amides is 2. The van der Waals surface area contributed by atoms with Gasteiger partial charge in [0, 0.05) is 6.04 Å². The zero-order valence-electron chi connectivity index (χ0n) is 21.5. The molecule has 0 heterocycles. The zero-order chi connectivity index (χ0) is 27.3. The average Bonchev–Trinajstić information content (AvgIpc) is 2.95. The summed E-state index contributed by atoms with van der Waals surface area (Å²) in [6.07, 6.45) is -1.28. The number of ether oxygens (including phenoxy) is 2. The number of aliphatic hydroxyl groups excluding tert-OH is 1. The van der Waals surface area contributed by atoms with Gasteiger partial charge in [-0.1, -0.05) is 97.1 Å². The van der Waals surface area contributed by atoms with E-state index in [1.165, 1.54) is 0 Å². The van der Waals surface area contributed by atoms with Crippen LogP contribution in [-0.4, -0.2) is 35.5 Å². The number of nitrogens with one attached hydrogen (secondary N) is 2. The quantitative estimate of drug-likeness (QED) is 0.240. The van der Waals surface area contributed by atoms with Gasteiger partial charge < -0.3 is 25.2 Å². The van der Waals surface area contributed by atoms with Crippen molar-refractivity contribution < 1.29 is 24.2 Å². The van der Waals surface area contributed by atoms with Gasteiger partial charge in [0.25, 0.3) is 0 Å². The van der Waals surface area contributed by atoms with E-state index in [1.807, 2.05) is 72.8 Å². The Labute approximate surface area is 228 Å². The van der Waals surface area contributed by atoms with Gasteiger partial charge >= 0.3 is 12.2 Å². The Balaban J connectivity index is 1.48. The van der Waals surface area contributed by atoms with E-state index in [2.05, 4.69) is 10.6 Å². The van der Waals surface area contributed by atoms with Gasteiger partial charge in [-0.15, -0.1) is 0 Å². The molecule has 7 heteroatoms. The van der Waals surface area contributed by atoms with Crippen LogP contribution >= 0.6 is 0 Å². The molecule has 2 amide bonds. The third kappa shape index (κ3) is 9.32. The molecule has 3 N–H and O–H groups in total. The fraction of sp³-hybridized carbons (Fsp3) is 0.188. The molecule has 0 aliphatic carbocycles. The largest absolute Gasteiger partial charge is 0.412 e. The number of carbonyl (C=O) groups is 2. The van der Waals surface area contributed by atoms with Crippen molar-refractivity contribution in [2.24, 2.45) is 0 Å². The van der Waals surface area contributed by atoms with E-state index in [0.717, 1.165) is 11.1 Å². The molecule has 0 spiro atoms. The summed E-state index contributed by atoms with van der Waals surface area (Å²) >= 11 is 0. The van der Waals surface area contributed by atoms with Gasteiger partial charge in [0.1, 0.15) is 11.5 Å². The lowest BCUT2D eigenvalue weighted by Crippen LogP contribution is -2.49. The molecule has 7 nitrogen and oxygen atoms in total. The van der Waals surface area contributed by atoms with Crippen LogP contribution in [0.2, 0.25) is 0 Å². The van der Waals surface area contributed by atoms with Gasteiger partial charge in [0.15, 0.2) is 0 Å². The molecule has 0 aliphatic rings. The minimum Gasteiger partial charge on any atom is -0.410 e. The van der Waals surface area contributed by atoms with Crippen molar-refractivity contribution in [2.75, 3.05) is 0 Å². The lowest BCUT2D eigenvalue weighted by atomic mass is 9.94. The van der Waals surface area contributed by atoms with Crippen molar-refractivity contribution in [3.05, 3.63) is 132 Å². The maximum absolute atomic E-state index is 12.7. The Bertz CT molecular complexity index is 1290. The predicted molar refractivity (Wildman–Crippen MR) is 150 cm³/mol. The van der Waals surface area contributed by atoms with Gasteiger partial charge in [-0.2, -0.15) is 0 Å². The minimum atomic E-state index is -1.00. The predicted octanol–water partition coefficient (Wildman–Crippen LogP) is 5.54. The molecule has 4 rings (SSSR count). The number of aliphatic hydroxyl groups is 1. The second kappa shape index (κ2) is 14.4. The zero-order valence-corrected chi connectivity index (χ0v) is 21.5. The first kappa shape index (κ1) is 27.4. The minimum absolute atomic E-state index is 0.169. The number of benzene rings is 4. The summed E-state index contributed by atoms with van der Waals surface area (Å²) < 4.78 is 10.8. The monoisotopic (exact) mass is 524 g/mol. The van der Waals surface area contributed by atoms with Crippen LogP contribution in [0, 0.1) is 0 Å².